The van der Waals surface area contributed by atoms with Gasteiger partial charge in [-0.2, -0.15) is 13.2 Å². The number of fused-ring (bicyclic) bond motifs is 1. The predicted octanol–water partition coefficient (Wildman–Crippen LogP) is 5.35. The van der Waals surface area contributed by atoms with Crippen LogP contribution >= 0.6 is 0 Å². The number of rotatable bonds is 8. The van der Waals surface area contributed by atoms with Gasteiger partial charge < -0.3 is 30.0 Å². The SMILES string of the molecule is CNC(=O)c1cc(Oc2ccc3nc(Nc4ccc(C(F)(F)F)c(OC[C@H]5CCCN5C)c4)[nH]c3c2)ccn1. The molecule has 2 aromatic carbocycles. The van der Waals surface area contributed by atoms with Crippen LogP contribution in [0.5, 0.6) is 17.2 Å². The van der Waals surface area contributed by atoms with Gasteiger partial charge in [-0.15, -0.1) is 0 Å². The molecule has 0 aliphatic carbocycles. The number of nitrogens with zero attached hydrogens (tertiary/aromatic N) is 3. The Hall–Kier alpha value is -4.32. The van der Waals surface area contributed by atoms with E-state index >= 15 is 0 Å². The van der Waals surface area contributed by atoms with Gasteiger partial charge in [0.25, 0.3) is 5.91 Å². The molecule has 0 saturated carbocycles. The molecule has 3 N–H and O–H groups in total. The van der Waals surface area contributed by atoms with Gasteiger partial charge in [0, 0.05) is 43.2 Å². The Bertz CT molecular complexity index is 1490. The van der Waals surface area contributed by atoms with Crippen molar-refractivity contribution in [2.24, 2.45) is 0 Å². The van der Waals surface area contributed by atoms with Gasteiger partial charge in [-0.25, -0.2) is 4.98 Å². The number of pyridine rings is 1. The number of alkyl halides is 3. The van der Waals surface area contributed by atoms with Crippen molar-refractivity contribution in [2.75, 3.05) is 32.6 Å². The summed E-state index contributed by atoms with van der Waals surface area (Å²) in [6, 6.07) is 12.1. The molecule has 0 unspecified atom stereocenters. The van der Waals surface area contributed by atoms with Crippen LogP contribution in [-0.2, 0) is 6.18 Å². The Labute approximate surface area is 222 Å². The normalized spacial score (nSPS) is 15.9. The second-order valence-corrected chi connectivity index (χ2v) is 9.24. The summed E-state index contributed by atoms with van der Waals surface area (Å²) in [6.45, 7) is 1.08. The number of hydrogen-bond acceptors (Lipinski definition) is 7. The van der Waals surface area contributed by atoms with Gasteiger partial charge in [-0.1, -0.05) is 0 Å². The van der Waals surface area contributed by atoms with E-state index in [1.54, 1.807) is 24.3 Å². The van der Waals surface area contributed by atoms with E-state index in [4.69, 9.17) is 9.47 Å². The Morgan fingerprint density at radius 1 is 1.15 bits per heavy atom. The van der Waals surface area contributed by atoms with Crippen LogP contribution in [-0.4, -0.2) is 59.0 Å². The molecule has 4 aromatic rings. The van der Waals surface area contributed by atoms with Crippen molar-refractivity contribution in [1.82, 2.24) is 25.2 Å². The second-order valence-electron chi connectivity index (χ2n) is 9.24. The number of halogens is 3. The fraction of sp³-hybridized carbons (Fsp3) is 0.296. The largest absolute Gasteiger partial charge is 0.491 e. The maximum absolute atomic E-state index is 13.6. The zero-order chi connectivity index (χ0) is 27.6. The van der Waals surface area contributed by atoms with Crippen LogP contribution in [0.1, 0.15) is 28.9 Å². The lowest BCUT2D eigenvalue weighted by atomic mass is 10.1. The smallest absolute Gasteiger partial charge is 0.419 e. The quantitative estimate of drug-likeness (QED) is 0.277. The molecule has 1 fully saturated rings. The lowest BCUT2D eigenvalue weighted by Gasteiger charge is -2.21. The molecule has 0 bridgehead atoms. The first-order chi connectivity index (χ1) is 18.7. The number of ether oxygens (including phenoxy) is 2. The number of nitrogens with one attached hydrogen (secondary N) is 3. The van der Waals surface area contributed by atoms with E-state index in [9.17, 15) is 18.0 Å². The summed E-state index contributed by atoms with van der Waals surface area (Å²) in [5.74, 6) is 0.709. The molecule has 5 rings (SSSR count). The number of carbonyl (C=O) groups is 1. The van der Waals surface area contributed by atoms with Crippen LogP contribution in [0.15, 0.2) is 54.7 Å². The molecule has 12 heteroatoms. The Balaban J connectivity index is 1.33. The zero-order valence-electron chi connectivity index (χ0n) is 21.3. The van der Waals surface area contributed by atoms with Gasteiger partial charge in [0.15, 0.2) is 0 Å². The summed E-state index contributed by atoms with van der Waals surface area (Å²) >= 11 is 0. The molecule has 39 heavy (non-hydrogen) atoms. The monoisotopic (exact) mass is 540 g/mol. The Morgan fingerprint density at radius 3 is 2.72 bits per heavy atom. The molecule has 1 atom stereocenters. The number of amides is 1. The summed E-state index contributed by atoms with van der Waals surface area (Å²) in [6.07, 6.45) is -1.18. The van der Waals surface area contributed by atoms with Crippen LogP contribution in [0.25, 0.3) is 11.0 Å². The molecule has 204 valence electrons. The number of H-pyrrole nitrogens is 1. The van der Waals surface area contributed by atoms with E-state index in [1.165, 1.54) is 31.4 Å². The van der Waals surface area contributed by atoms with Gasteiger partial charge in [0.1, 0.15) is 29.5 Å². The average Bonchev–Trinajstić information content (AvgIpc) is 3.51. The lowest BCUT2D eigenvalue weighted by Crippen LogP contribution is -2.31. The highest BCUT2D eigenvalue weighted by atomic mass is 19.4. The van der Waals surface area contributed by atoms with Crippen molar-refractivity contribution in [3.05, 3.63) is 66.0 Å². The van der Waals surface area contributed by atoms with Gasteiger partial charge in [0.2, 0.25) is 5.95 Å². The predicted molar refractivity (Wildman–Crippen MR) is 140 cm³/mol. The second kappa shape index (κ2) is 10.8. The van der Waals surface area contributed by atoms with Crippen LogP contribution in [0, 0.1) is 0 Å². The third kappa shape index (κ3) is 6.06. The molecule has 3 heterocycles. The van der Waals surface area contributed by atoms with E-state index in [1.807, 2.05) is 7.05 Å². The van der Waals surface area contributed by atoms with E-state index in [0.717, 1.165) is 25.5 Å². The molecule has 1 amide bonds. The maximum Gasteiger partial charge on any atom is 0.419 e. The van der Waals surface area contributed by atoms with Crippen molar-refractivity contribution in [3.8, 4) is 17.2 Å². The molecular weight excluding hydrogens is 513 g/mol. The number of hydrogen-bond donors (Lipinski definition) is 3. The molecule has 0 spiro atoms. The summed E-state index contributed by atoms with van der Waals surface area (Å²) in [5.41, 5.74) is 1.06. The van der Waals surface area contributed by atoms with E-state index in [2.05, 4.69) is 30.5 Å². The number of likely N-dealkylation sites (N-methyl/N-ethyl adjacent to an activating group) is 1. The van der Waals surface area contributed by atoms with Gasteiger partial charge in [-0.3, -0.25) is 9.78 Å². The summed E-state index contributed by atoms with van der Waals surface area (Å²) in [4.78, 5) is 25.5. The van der Waals surface area contributed by atoms with E-state index in [-0.39, 0.29) is 30.0 Å². The highest BCUT2D eigenvalue weighted by Crippen LogP contribution is 2.38. The zero-order valence-corrected chi connectivity index (χ0v) is 21.3. The van der Waals surface area contributed by atoms with Crippen molar-refractivity contribution in [3.63, 3.8) is 0 Å². The number of anilines is 2. The number of likely N-dealkylation sites (tertiary alicyclic amines) is 1. The van der Waals surface area contributed by atoms with Gasteiger partial charge >= 0.3 is 6.18 Å². The molecule has 0 radical (unpaired) electrons. The standard InChI is InChI=1S/C27H27F3N6O3/c1-31-25(37)23-14-19(9-10-32-23)39-18-6-8-21-22(13-18)35-26(34-21)33-16-5-7-20(27(28,29)30)24(12-16)38-15-17-4-3-11-36(17)2/h5-10,12-14,17H,3-4,11,15H2,1-2H3,(H,31,37)(H2,33,34,35)/t17-/m1/s1. The first-order valence-electron chi connectivity index (χ1n) is 12.4. The third-order valence-corrected chi connectivity index (χ3v) is 6.53. The molecule has 9 nitrogen and oxygen atoms in total. The molecule has 1 aliphatic heterocycles. The van der Waals surface area contributed by atoms with Crippen molar-refractivity contribution in [1.29, 1.82) is 0 Å². The maximum atomic E-state index is 13.6. The topological polar surface area (TPSA) is 104 Å². The highest BCUT2D eigenvalue weighted by Gasteiger charge is 2.35. The number of aromatic amines is 1. The number of benzene rings is 2. The minimum Gasteiger partial charge on any atom is -0.491 e. The summed E-state index contributed by atoms with van der Waals surface area (Å²) in [7, 11) is 3.46. The molecule has 1 aliphatic rings. The fourth-order valence-corrected chi connectivity index (χ4v) is 4.44. The minimum absolute atomic E-state index is 0.0806. The first kappa shape index (κ1) is 26.3. The van der Waals surface area contributed by atoms with Crippen molar-refractivity contribution >= 4 is 28.6 Å². The van der Waals surface area contributed by atoms with Gasteiger partial charge in [0.05, 0.1) is 16.6 Å². The Kier molecular flexibility index (Phi) is 7.29. The number of imidazole rings is 1. The van der Waals surface area contributed by atoms with Crippen LogP contribution in [0.2, 0.25) is 0 Å². The van der Waals surface area contributed by atoms with Crippen molar-refractivity contribution in [2.45, 2.75) is 25.1 Å². The van der Waals surface area contributed by atoms with Crippen LogP contribution in [0.3, 0.4) is 0 Å². The van der Waals surface area contributed by atoms with Crippen LogP contribution in [0.4, 0.5) is 24.8 Å². The summed E-state index contributed by atoms with van der Waals surface area (Å²) < 4.78 is 52.5. The highest BCUT2D eigenvalue weighted by molar-refractivity contribution is 5.92. The van der Waals surface area contributed by atoms with Gasteiger partial charge in [-0.05, 0) is 56.8 Å². The third-order valence-electron chi connectivity index (χ3n) is 6.53. The lowest BCUT2D eigenvalue weighted by molar-refractivity contribution is -0.139. The number of aromatic nitrogens is 3. The van der Waals surface area contributed by atoms with Crippen molar-refractivity contribution < 1.29 is 27.4 Å². The molecular formula is C27H27F3N6O3. The average molecular weight is 541 g/mol. The summed E-state index contributed by atoms with van der Waals surface area (Å²) in [5, 5.41) is 5.54. The molecule has 2 aromatic heterocycles. The molecule has 1 saturated heterocycles. The minimum atomic E-state index is -4.54. The Morgan fingerprint density at radius 2 is 1.97 bits per heavy atom. The van der Waals surface area contributed by atoms with E-state index in [0.29, 0.717) is 34.2 Å². The van der Waals surface area contributed by atoms with Crippen LogP contribution < -0.4 is 20.1 Å². The first-order valence-corrected chi connectivity index (χ1v) is 12.4. The fourth-order valence-electron chi connectivity index (χ4n) is 4.44. The van der Waals surface area contributed by atoms with E-state index < -0.39 is 11.7 Å². The number of carbonyl (C=O) groups excluding carboxylic acids is 1.